The molecule has 74 valence electrons. The lowest BCUT2D eigenvalue weighted by Gasteiger charge is -2.24. The highest BCUT2D eigenvalue weighted by atomic mass is 31.2. The molecular weight excluding hydrogens is 173 g/mol. The molecule has 12 heavy (non-hydrogen) atoms. The Morgan fingerprint density at radius 2 is 1.58 bits per heavy atom. The molecule has 0 rings (SSSR count). The SMILES string of the molecule is CNP(=O)(NC)NCC(C)(C)C. The van der Waals surface area contributed by atoms with Crippen molar-refractivity contribution in [1.82, 2.24) is 15.3 Å². The highest BCUT2D eigenvalue weighted by Crippen LogP contribution is 2.29. The Morgan fingerprint density at radius 3 is 1.83 bits per heavy atom. The monoisotopic (exact) mass is 193 g/mol. The molecule has 0 aromatic heterocycles. The zero-order valence-electron chi connectivity index (χ0n) is 8.56. The maximum atomic E-state index is 11.7. The van der Waals surface area contributed by atoms with Crippen molar-refractivity contribution in [3.05, 3.63) is 0 Å². The molecule has 0 bridgehead atoms. The van der Waals surface area contributed by atoms with Crippen molar-refractivity contribution >= 4 is 7.59 Å². The lowest BCUT2D eigenvalue weighted by atomic mass is 9.98. The standard InChI is InChI=1S/C7H20N3OP/c1-7(2,3)6-10-12(11,8-4)9-5/h6H2,1-5H3,(H3,8,9,10,11). The van der Waals surface area contributed by atoms with Crippen molar-refractivity contribution in [3.63, 3.8) is 0 Å². The average Bonchev–Trinajstić information content (AvgIpc) is 1.99. The summed E-state index contributed by atoms with van der Waals surface area (Å²) < 4.78 is 11.7. The number of hydrogen-bond acceptors (Lipinski definition) is 1. The van der Waals surface area contributed by atoms with Gasteiger partial charge in [0, 0.05) is 6.54 Å². The first-order valence-corrected chi connectivity index (χ1v) is 5.77. The summed E-state index contributed by atoms with van der Waals surface area (Å²) in [5.41, 5.74) is 0.142. The van der Waals surface area contributed by atoms with Gasteiger partial charge in [-0.05, 0) is 19.5 Å². The Labute approximate surface area is 75.0 Å². The van der Waals surface area contributed by atoms with Gasteiger partial charge in [-0.25, -0.2) is 15.3 Å². The van der Waals surface area contributed by atoms with E-state index in [0.717, 1.165) is 0 Å². The van der Waals surface area contributed by atoms with E-state index < -0.39 is 7.59 Å². The fourth-order valence-electron chi connectivity index (χ4n) is 0.618. The summed E-state index contributed by atoms with van der Waals surface area (Å²) in [6, 6.07) is 0. The quantitative estimate of drug-likeness (QED) is 0.587. The first-order valence-electron chi connectivity index (χ1n) is 4.06. The van der Waals surface area contributed by atoms with E-state index in [1.807, 2.05) is 0 Å². The third-order valence-corrected chi connectivity index (χ3v) is 3.32. The molecular formula is C7H20N3OP. The molecule has 0 unspecified atom stereocenters. The summed E-state index contributed by atoms with van der Waals surface area (Å²) in [6.07, 6.45) is 0. The van der Waals surface area contributed by atoms with Crippen LogP contribution in [0.3, 0.4) is 0 Å². The molecule has 0 saturated carbocycles. The molecule has 3 N–H and O–H groups in total. The van der Waals surface area contributed by atoms with E-state index in [4.69, 9.17) is 0 Å². The van der Waals surface area contributed by atoms with Gasteiger partial charge in [0.15, 0.2) is 0 Å². The van der Waals surface area contributed by atoms with Crippen LogP contribution in [0.5, 0.6) is 0 Å². The molecule has 0 aromatic carbocycles. The van der Waals surface area contributed by atoms with Gasteiger partial charge in [0.25, 0.3) is 7.59 Å². The van der Waals surface area contributed by atoms with Crippen LogP contribution in [0, 0.1) is 5.41 Å². The molecule has 0 saturated heterocycles. The van der Waals surface area contributed by atoms with E-state index >= 15 is 0 Å². The Balaban J connectivity index is 3.99. The second-order valence-corrected chi connectivity index (χ2v) is 6.38. The fraction of sp³-hybridized carbons (Fsp3) is 1.00. The summed E-state index contributed by atoms with van der Waals surface area (Å²) in [7, 11) is 0.820. The minimum absolute atomic E-state index is 0.142. The summed E-state index contributed by atoms with van der Waals surface area (Å²) in [5.74, 6) is 0. The van der Waals surface area contributed by atoms with E-state index in [1.54, 1.807) is 14.1 Å². The zero-order chi connectivity index (χ0) is 9.83. The predicted molar refractivity (Wildman–Crippen MR) is 53.2 cm³/mol. The highest BCUT2D eigenvalue weighted by molar-refractivity contribution is 7.57. The summed E-state index contributed by atoms with van der Waals surface area (Å²) >= 11 is 0. The number of rotatable bonds is 4. The van der Waals surface area contributed by atoms with E-state index in [1.165, 1.54) is 0 Å². The summed E-state index contributed by atoms with van der Waals surface area (Å²) in [4.78, 5) is 0. The normalized spacial score (nSPS) is 13.4. The Kier molecular flexibility index (Phi) is 4.42. The Bertz CT molecular complexity index is 168. The van der Waals surface area contributed by atoms with Gasteiger partial charge in [0.05, 0.1) is 0 Å². The minimum Gasteiger partial charge on any atom is -0.271 e. The maximum absolute atomic E-state index is 11.7. The van der Waals surface area contributed by atoms with Crippen LogP contribution < -0.4 is 15.3 Å². The molecule has 4 nitrogen and oxygen atoms in total. The van der Waals surface area contributed by atoms with Crippen molar-refractivity contribution in [1.29, 1.82) is 0 Å². The van der Waals surface area contributed by atoms with Crippen molar-refractivity contribution in [3.8, 4) is 0 Å². The maximum Gasteiger partial charge on any atom is 0.278 e. The number of hydrogen-bond donors (Lipinski definition) is 3. The van der Waals surface area contributed by atoms with Crippen LogP contribution in [0.2, 0.25) is 0 Å². The molecule has 0 aromatic rings. The van der Waals surface area contributed by atoms with Crippen LogP contribution in [-0.4, -0.2) is 20.6 Å². The van der Waals surface area contributed by atoms with E-state index in [0.29, 0.717) is 6.54 Å². The van der Waals surface area contributed by atoms with Crippen LogP contribution >= 0.6 is 7.59 Å². The van der Waals surface area contributed by atoms with Gasteiger partial charge in [-0.3, -0.25) is 4.57 Å². The van der Waals surface area contributed by atoms with Gasteiger partial charge in [-0.15, -0.1) is 0 Å². The smallest absolute Gasteiger partial charge is 0.271 e. The van der Waals surface area contributed by atoms with E-state index in [2.05, 4.69) is 36.0 Å². The van der Waals surface area contributed by atoms with Crippen molar-refractivity contribution in [2.45, 2.75) is 20.8 Å². The molecule has 5 heteroatoms. The van der Waals surface area contributed by atoms with Crippen molar-refractivity contribution in [2.24, 2.45) is 5.41 Å². The van der Waals surface area contributed by atoms with Gasteiger partial charge in [0.1, 0.15) is 0 Å². The third-order valence-electron chi connectivity index (χ3n) is 1.46. The molecule has 0 radical (unpaired) electrons. The van der Waals surface area contributed by atoms with Gasteiger partial charge in [-0.2, -0.15) is 0 Å². The van der Waals surface area contributed by atoms with Gasteiger partial charge < -0.3 is 0 Å². The number of nitrogens with one attached hydrogen (secondary N) is 3. The summed E-state index contributed by atoms with van der Waals surface area (Å²) in [5, 5.41) is 8.44. The molecule has 0 atom stereocenters. The second-order valence-electron chi connectivity index (χ2n) is 3.95. The lowest BCUT2D eigenvalue weighted by Crippen LogP contribution is -2.33. The van der Waals surface area contributed by atoms with Gasteiger partial charge >= 0.3 is 0 Å². The first kappa shape index (κ1) is 12.1. The van der Waals surface area contributed by atoms with Crippen LogP contribution in [0.1, 0.15) is 20.8 Å². The zero-order valence-corrected chi connectivity index (χ0v) is 9.46. The topological polar surface area (TPSA) is 53.2 Å². The Morgan fingerprint density at radius 1 is 1.17 bits per heavy atom. The van der Waals surface area contributed by atoms with Crippen molar-refractivity contribution in [2.75, 3.05) is 20.6 Å². The third kappa shape index (κ3) is 4.88. The molecule has 0 spiro atoms. The molecule has 0 fully saturated rings. The second kappa shape index (κ2) is 4.38. The largest absolute Gasteiger partial charge is 0.278 e. The molecule has 0 heterocycles. The van der Waals surface area contributed by atoms with Crippen LogP contribution in [0.25, 0.3) is 0 Å². The Hall–Kier alpha value is 0.110. The van der Waals surface area contributed by atoms with Crippen LogP contribution in [0.4, 0.5) is 0 Å². The highest BCUT2D eigenvalue weighted by Gasteiger charge is 2.19. The van der Waals surface area contributed by atoms with Crippen LogP contribution in [-0.2, 0) is 4.57 Å². The predicted octanol–water partition coefficient (Wildman–Crippen LogP) is 1.17. The molecule has 0 aliphatic rings. The molecule has 0 amide bonds. The summed E-state index contributed by atoms with van der Waals surface area (Å²) in [6.45, 7) is 6.99. The fourth-order valence-corrected chi connectivity index (χ4v) is 1.86. The lowest BCUT2D eigenvalue weighted by molar-refractivity contribution is 0.405. The average molecular weight is 193 g/mol. The van der Waals surface area contributed by atoms with Crippen molar-refractivity contribution < 1.29 is 4.57 Å². The molecule has 0 aliphatic carbocycles. The van der Waals surface area contributed by atoms with Gasteiger partial charge in [0.2, 0.25) is 0 Å². The van der Waals surface area contributed by atoms with E-state index in [-0.39, 0.29) is 5.41 Å². The van der Waals surface area contributed by atoms with E-state index in [9.17, 15) is 4.57 Å². The van der Waals surface area contributed by atoms with Gasteiger partial charge in [-0.1, -0.05) is 20.8 Å². The minimum atomic E-state index is -2.53. The van der Waals surface area contributed by atoms with Crippen LogP contribution in [0.15, 0.2) is 0 Å². The molecule has 0 aliphatic heterocycles. The first-order chi connectivity index (χ1) is 5.33.